The Hall–Kier alpha value is -0.540. The molecule has 3 nitrogen and oxygen atoms in total. The van der Waals surface area contributed by atoms with E-state index < -0.39 is 0 Å². The van der Waals surface area contributed by atoms with E-state index in [0.29, 0.717) is 11.3 Å². The topological polar surface area (TPSA) is 52.5 Å². The number of nitrogens with one attached hydrogen (secondary N) is 1. The van der Waals surface area contributed by atoms with E-state index in [-0.39, 0.29) is 11.5 Å². The van der Waals surface area contributed by atoms with Gasteiger partial charge in [-0.3, -0.25) is 10.7 Å². The van der Waals surface area contributed by atoms with Crippen molar-refractivity contribution in [3.05, 3.63) is 11.8 Å². The summed E-state index contributed by atoms with van der Waals surface area (Å²) in [5, 5.41) is 19.6. The zero-order chi connectivity index (χ0) is 15.5. The van der Waals surface area contributed by atoms with Crippen molar-refractivity contribution in [2.75, 3.05) is 0 Å². The number of fused-ring (bicyclic) bond motifs is 5. The highest BCUT2D eigenvalue weighted by atomic mass is 16.5. The Balaban J connectivity index is 1.61. The van der Waals surface area contributed by atoms with Crippen molar-refractivity contribution in [1.82, 2.24) is 5.48 Å². The van der Waals surface area contributed by atoms with Crippen LogP contribution in [0.2, 0.25) is 0 Å². The minimum Gasteiger partial charge on any atom is -0.393 e. The summed E-state index contributed by atoms with van der Waals surface area (Å²) in [5.41, 5.74) is 4.17. The van der Waals surface area contributed by atoms with Gasteiger partial charge in [-0.2, -0.15) is 0 Å². The molecule has 3 N–H and O–H groups in total. The Morgan fingerprint density at radius 3 is 2.68 bits per heavy atom. The quantitative estimate of drug-likeness (QED) is 0.645. The van der Waals surface area contributed by atoms with Crippen LogP contribution in [-0.2, 0) is 0 Å². The second-order valence-corrected chi connectivity index (χ2v) is 9.01. The lowest BCUT2D eigenvalue weighted by Crippen LogP contribution is -2.54. The molecule has 124 valence electrons. The van der Waals surface area contributed by atoms with Crippen LogP contribution in [0.25, 0.3) is 0 Å². The Morgan fingerprint density at radius 1 is 1.09 bits per heavy atom. The third-order valence-electron chi connectivity index (χ3n) is 8.34. The van der Waals surface area contributed by atoms with Crippen LogP contribution in [0.1, 0.15) is 65.2 Å². The Labute approximate surface area is 134 Å². The summed E-state index contributed by atoms with van der Waals surface area (Å²) in [7, 11) is 0. The zero-order valence-electron chi connectivity index (χ0n) is 14.0. The highest BCUT2D eigenvalue weighted by Crippen LogP contribution is 2.65. The fourth-order valence-corrected chi connectivity index (χ4v) is 6.98. The first kappa shape index (κ1) is 15.0. The number of allylic oxidation sites excluding steroid dienone is 2. The van der Waals surface area contributed by atoms with Crippen LogP contribution in [0.4, 0.5) is 0 Å². The van der Waals surface area contributed by atoms with Gasteiger partial charge in [-0.15, -0.1) is 0 Å². The van der Waals surface area contributed by atoms with Gasteiger partial charge in [0.25, 0.3) is 0 Å². The van der Waals surface area contributed by atoms with Crippen LogP contribution >= 0.6 is 0 Å². The molecule has 22 heavy (non-hydrogen) atoms. The van der Waals surface area contributed by atoms with E-state index in [1.807, 2.05) is 0 Å². The maximum absolute atomic E-state index is 10.1. The van der Waals surface area contributed by atoms with Crippen molar-refractivity contribution in [3.63, 3.8) is 0 Å². The molecule has 0 aromatic heterocycles. The standard InChI is InChI=1S/C19H31NO2/c1-18-9-7-13(21)11-12(18)3-4-14-15-5-6-17(20-22)19(15,2)10-8-16(14)18/h6,12-16,20-22H,3-5,7-11H2,1-2H3/t12-,13-,14+,15-,16-,18-,19+/m1/s1. The van der Waals surface area contributed by atoms with Gasteiger partial charge in [0.2, 0.25) is 0 Å². The van der Waals surface area contributed by atoms with Crippen molar-refractivity contribution in [2.24, 2.45) is 34.5 Å². The van der Waals surface area contributed by atoms with E-state index in [2.05, 4.69) is 25.4 Å². The molecule has 3 saturated carbocycles. The molecule has 0 aliphatic heterocycles. The monoisotopic (exact) mass is 305 g/mol. The van der Waals surface area contributed by atoms with E-state index in [9.17, 15) is 10.3 Å². The van der Waals surface area contributed by atoms with E-state index in [0.717, 1.165) is 42.7 Å². The van der Waals surface area contributed by atoms with Crippen LogP contribution < -0.4 is 5.48 Å². The molecule has 0 heterocycles. The average molecular weight is 305 g/mol. The molecule has 3 fully saturated rings. The maximum atomic E-state index is 10.1. The molecule has 0 radical (unpaired) electrons. The summed E-state index contributed by atoms with van der Waals surface area (Å²) < 4.78 is 0. The zero-order valence-corrected chi connectivity index (χ0v) is 14.0. The molecule has 0 unspecified atom stereocenters. The number of hydroxylamine groups is 1. The molecule has 0 aromatic rings. The lowest BCUT2D eigenvalue weighted by molar-refractivity contribution is -0.119. The number of aliphatic hydroxyl groups is 1. The van der Waals surface area contributed by atoms with Gasteiger partial charge in [0.1, 0.15) is 0 Å². The molecular formula is C19H31NO2. The molecule has 3 heteroatoms. The molecule has 0 bridgehead atoms. The molecule has 4 aliphatic carbocycles. The minimum absolute atomic E-state index is 0.0539. The van der Waals surface area contributed by atoms with E-state index >= 15 is 0 Å². The Bertz CT molecular complexity index is 490. The highest BCUT2D eigenvalue weighted by Gasteiger charge is 2.58. The summed E-state index contributed by atoms with van der Waals surface area (Å²) in [6, 6.07) is 0. The van der Waals surface area contributed by atoms with Crippen molar-refractivity contribution in [1.29, 1.82) is 0 Å². The molecule has 0 amide bonds. The van der Waals surface area contributed by atoms with Crippen LogP contribution in [0.5, 0.6) is 0 Å². The number of aliphatic hydroxyl groups excluding tert-OH is 1. The predicted molar refractivity (Wildman–Crippen MR) is 86.1 cm³/mol. The van der Waals surface area contributed by atoms with E-state index in [1.54, 1.807) is 0 Å². The third-order valence-corrected chi connectivity index (χ3v) is 8.34. The normalized spacial score (nSPS) is 54.0. The number of hydrogen-bond acceptors (Lipinski definition) is 3. The molecule has 4 rings (SSSR count). The fraction of sp³-hybridized carbons (Fsp3) is 0.895. The number of rotatable bonds is 1. The van der Waals surface area contributed by atoms with Gasteiger partial charge in [0, 0.05) is 11.1 Å². The van der Waals surface area contributed by atoms with Gasteiger partial charge >= 0.3 is 0 Å². The van der Waals surface area contributed by atoms with Gasteiger partial charge < -0.3 is 5.11 Å². The maximum Gasteiger partial charge on any atom is 0.0543 e. The summed E-state index contributed by atoms with van der Waals surface area (Å²) in [5.74, 6) is 3.05. The van der Waals surface area contributed by atoms with Crippen molar-refractivity contribution >= 4 is 0 Å². The van der Waals surface area contributed by atoms with Gasteiger partial charge in [0.05, 0.1) is 6.10 Å². The molecule has 7 atom stereocenters. The Morgan fingerprint density at radius 2 is 1.91 bits per heavy atom. The first-order valence-electron chi connectivity index (χ1n) is 9.28. The van der Waals surface area contributed by atoms with Crippen molar-refractivity contribution in [2.45, 2.75) is 71.3 Å². The van der Waals surface area contributed by atoms with Gasteiger partial charge in [0.15, 0.2) is 0 Å². The van der Waals surface area contributed by atoms with E-state index in [1.165, 1.54) is 32.1 Å². The highest BCUT2D eigenvalue weighted by molar-refractivity contribution is 5.23. The second kappa shape index (κ2) is 4.98. The van der Waals surface area contributed by atoms with Gasteiger partial charge in [-0.05, 0) is 80.5 Å². The minimum atomic E-state index is -0.0539. The fourth-order valence-electron chi connectivity index (χ4n) is 6.98. The molecule has 4 aliphatic rings. The lowest BCUT2D eigenvalue weighted by atomic mass is 9.45. The summed E-state index contributed by atoms with van der Waals surface area (Å²) in [6.07, 6.45) is 11.7. The molecule has 0 saturated heterocycles. The summed E-state index contributed by atoms with van der Waals surface area (Å²) in [4.78, 5) is 0. The SMILES string of the molecule is C[C@@]12CC[C@@H](O)C[C@H]1CC[C@@H]1[C@H]2CC[C@]2(C)C(NO)=CC[C@H]12. The van der Waals surface area contributed by atoms with Gasteiger partial charge in [-0.1, -0.05) is 19.9 Å². The van der Waals surface area contributed by atoms with Gasteiger partial charge in [-0.25, -0.2) is 0 Å². The first-order chi connectivity index (χ1) is 10.5. The summed E-state index contributed by atoms with van der Waals surface area (Å²) >= 11 is 0. The van der Waals surface area contributed by atoms with Crippen molar-refractivity contribution in [3.8, 4) is 0 Å². The lowest BCUT2D eigenvalue weighted by Gasteiger charge is -2.60. The van der Waals surface area contributed by atoms with Crippen LogP contribution in [0.15, 0.2) is 11.8 Å². The molecule has 0 aromatic carbocycles. The van der Waals surface area contributed by atoms with Crippen molar-refractivity contribution < 1.29 is 10.3 Å². The van der Waals surface area contributed by atoms with Crippen LogP contribution in [0, 0.1) is 34.5 Å². The van der Waals surface area contributed by atoms with Crippen LogP contribution in [-0.4, -0.2) is 16.4 Å². The third kappa shape index (κ3) is 1.88. The van der Waals surface area contributed by atoms with Crippen LogP contribution in [0.3, 0.4) is 0 Å². The molecule has 0 spiro atoms. The smallest absolute Gasteiger partial charge is 0.0543 e. The number of hydrogen-bond donors (Lipinski definition) is 3. The second-order valence-electron chi connectivity index (χ2n) is 9.01. The molecular weight excluding hydrogens is 274 g/mol. The Kier molecular flexibility index (Phi) is 3.40. The largest absolute Gasteiger partial charge is 0.393 e. The first-order valence-corrected chi connectivity index (χ1v) is 9.28. The van der Waals surface area contributed by atoms with E-state index in [4.69, 9.17) is 0 Å². The average Bonchev–Trinajstić information content (AvgIpc) is 2.84. The predicted octanol–water partition coefficient (Wildman–Crippen LogP) is 3.86. The summed E-state index contributed by atoms with van der Waals surface area (Å²) in [6.45, 7) is 4.88.